The van der Waals surface area contributed by atoms with Gasteiger partial charge in [-0.3, -0.25) is 0 Å². The number of halogens is 4. The van der Waals surface area contributed by atoms with Crippen molar-refractivity contribution in [2.24, 2.45) is 0 Å². The quantitative estimate of drug-likeness (QED) is 0.461. The Morgan fingerprint density at radius 3 is 2.59 bits per heavy atom. The molecular weight excluding hydrogens is 257 g/mol. The number of aryl methyl sites for hydroxylation is 1. The van der Waals surface area contributed by atoms with Crippen LogP contribution in [-0.4, -0.2) is 19.6 Å². The van der Waals surface area contributed by atoms with Gasteiger partial charge < -0.3 is 9.47 Å². The minimum Gasteiger partial charge on any atom is -0.467 e. The SMILES string of the molecule is Cc1ccc(OCOCC(F)(F)F)c(CCl)c1. The van der Waals surface area contributed by atoms with Crippen LogP contribution in [-0.2, 0) is 10.6 Å². The maximum atomic E-state index is 11.8. The molecule has 1 aromatic carbocycles. The molecule has 0 heterocycles. The minimum atomic E-state index is -4.34. The van der Waals surface area contributed by atoms with Gasteiger partial charge in [-0.2, -0.15) is 13.2 Å². The number of rotatable bonds is 5. The molecule has 0 radical (unpaired) electrons. The van der Waals surface area contributed by atoms with Crippen LogP contribution >= 0.6 is 11.6 Å². The van der Waals surface area contributed by atoms with Gasteiger partial charge >= 0.3 is 6.18 Å². The zero-order valence-electron chi connectivity index (χ0n) is 9.18. The van der Waals surface area contributed by atoms with Gasteiger partial charge in [0.05, 0.1) is 5.88 Å². The number of hydrogen-bond acceptors (Lipinski definition) is 2. The van der Waals surface area contributed by atoms with Gasteiger partial charge in [-0.25, -0.2) is 0 Å². The molecule has 0 saturated heterocycles. The van der Waals surface area contributed by atoms with Crippen LogP contribution in [0.15, 0.2) is 18.2 Å². The molecule has 0 atom stereocenters. The summed E-state index contributed by atoms with van der Waals surface area (Å²) in [5.74, 6) is 0.670. The molecule has 0 aliphatic carbocycles. The van der Waals surface area contributed by atoms with E-state index in [9.17, 15) is 13.2 Å². The van der Waals surface area contributed by atoms with Crippen LogP contribution < -0.4 is 4.74 Å². The standard InChI is InChI=1S/C11H12ClF3O2/c1-8-2-3-10(9(4-8)5-12)17-7-16-6-11(13,14)15/h2-4H,5-7H2,1H3. The predicted molar refractivity (Wildman–Crippen MR) is 58.2 cm³/mol. The van der Waals surface area contributed by atoms with E-state index in [2.05, 4.69) is 4.74 Å². The lowest BCUT2D eigenvalue weighted by Gasteiger charge is -2.12. The Labute approximate surface area is 102 Å². The summed E-state index contributed by atoms with van der Waals surface area (Å²) < 4.78 is 44.7. The van der Waals surface area contributed by atoms with Crippen LogP contribution in [0.5, 0.6) is 5.75 Å². The van der Waals surface area contributed by atoms with Gasteiger partial charge in [-0.1, -0.05) is 17.7 Å². The lowest BCUT2D eigenvalue weighted by atomic mass is 10.1. The zero-order chi connectivity index (χ0) is 12.9. The van der Waals surface area contributed by atoms with Gasteiger partial charge in [0.25, 0.3) is 0 Å². The monoisotopic (exact) mass is 268 g/mol. The number of ether oxygens (including phenoxy) is 2. The molecule has 0 fully saturated rings. The van der Waals surface area contributed by atoms with Gasteiger partial charge in [0, 0.05) is 5.56 Å². The number of benzene rings is 1. The highest BCUT2D eigenvalue weighted by Gasteiger charge is 2.27. The smallest absolute Gasteiger partial charge is 0.411 e. The summed E-state index contributed by atoms with van der Waals surface area (Å²) in [6.45, 7) is 0.113. The van der Waals surface area contributed by atoms with Gasteiger partial charge in [0.2, 0.25) is 0 Å². The van der Waals surface area contributed by atoms with E-state index in [4.69, 9.17) is 16.3 Å². The van der Waals surface area contributed by atoms with Crippen LogP contribution in [0.4, 0.5) is 13.2 Å². The topological polar surface area (TPSA) is 18.5 Å². The molecule has 0 aromatic heterocycles. The van der Waals surface area contributed by atoms with Crippen LogP contribution in [0.1, 0.15) is 11.1 Å². The average Bonchev–Trinajstić information content (AvgIpc) is 2.24. The van der Waals surface area contributed by atoms with Crippen LogP contribution in [0.2, 0.25) is 0 Å². The Hall–Kier alpha value is -0.940. The van der Waals surface area contributed by atoms with E-state index in [0.717, 1.165) is 11.1 Å². The molecule has 0 spiro atoms. The molecule has 6 heteroatoms. The first-order valence-electron chi connectivity index (χ1n) is 4.85. The lowest BCUT2D eigenvalue weighted by Crippen LogP contribution is -2.19. The normalized spacial score (nSPS) is 11.6. The van der Waals surface area contributed by atoms with Crippen molar-refractivity contribution >= 4 is 11.6 Å². The molecular formula is C11H12ClF3O2. The van der Waals surface area contributed by atoms with Crippen molar-refractivity contribution in [1.29, 1.82) is 0 Å². The maximum Gasteiger partial charge on any atom is 0.411 e. The Kier molecular flexibility index (Phi) is 5.08. The molecule has 0 aliphatic heterocycles. The molecule has 17 heavy (non-hydrogen) atoms. The molecule has 1 rings (SSSR count). The van der Waals surface area contributed by atoms with Crippen molar-refractivity contribution in [3.8, 4) is 5.75 Å². The molecule has 0 saturated carbocycles. The molecule has 0 unspecified atom stereocenters. The fourth-order valence-electron chi connectivity index (χ4n) is 1.22. The van der Waals surface area contributed by atoms with E-state index in [1.165, 1.54) is 0 Å². The van der Waals surface area contributed by atoms with E-state index >= 15 is 0 Å². The van der Waals surface area contributed by atoms with Crippen molar-refractivity contribution in [3.05, 3.63) is 29.3 Å². The van der Waals surface area contributed by atoms with E-state index in [0.29, 0.717) is 5.75 Å². The van der Waals surface area contributed by atoms with Gasteiger partial charge in [-0.05, 0) is 13.0 Å². The average molecular weight is 269 g/mol. The van der Waals surface area contributed by atoms with Gasteiger partial charge in [-0.15, -0.1) is 11.6 Å². The first-order chi connectivity index (χ1) is 7.92. The number of hydrogen-bond donors (Lipinski definition) is 0. The minimum absolute atomic E-state index is 0.232. The van der Waals surface area contributed by atoms with E-state index in [1.54, 1.807) is 12.1 Å². The van der Waals surface area contributed by atoms with E-state index in [-0.39, 0.29) is 5.88 Å². The fraction of sp³-hybridized carbons (Fsp3) is 0.455. The third-order valence-corrected chi connectivity index (χ3v) is 2.21. The third kappa shape index (κ3) is 5.28. The fourth-order valence-corrected chi connectivity index (χ4v) is 1.42. The molecule has 0 aliphatic rings. The van der Waals surface area contributed by atoms with Crippen molar-refractivity contribution in [1.82, 2.24) is 0 Å². The highest BCUT2D eigenvalue weighted by molar-refractivity contribution is 6.17. The summed E-state index contributed by atoms with van der Waals surface area (Å²) in [5.41, 5.74) is 1.73. The highest BCUT2D eigenvalue weighted by atomic mass is 35.5. The zero-order valence-corrected chi connectivity index (χ0v) is 9.94. The summed E-state index contributed by atoms with van der Waals surface area (Å²) >= 11 is 5.69. The second kappa shape index (κ2) is 6.12. The Morgan fingerprint density at radius 1 is 1.29 bits per heavy atom. The molecule has 0 amide bonds. The summed E-state index contributed by atoms with van der Waals surface area (Å²) in [6.07, 6.45) is -4.34. The van der Waals surface area contributed by atoms with E-state index < -0.39 is 19.6 Å². The Morgan fingerprint density at radius 2 is 2.00 bits per heavy atom. The molecule has 96 valence electrons. The summed E-state index contributed by atoms with van der Waals surface area (Å²) in [5, 5.41) is 0. The Bertz CT molecular complexity index is 366. The van der Waals surface area contributed by atoms with Crippen molar-refractivity contribution in [2.75, 3.05) is 13.4 Å². The second-order valence-electron chi connectivity index (χ2n) is 3.47. The first kappa shape index (κ1) is 14.1. The van der Waals surface area contributed by atoms with Gasteiger partial charge in [0.1, 0.15) is 12.4 Å². The van der Waals surface area contributed by atoms with Crippen LogP contribution in [0.25, 0.3) is 0 Å². The van der Waals surface area contributed by atoms with Crippen LogP contribution in [0, 0.1) is 6.92 Å². The molecule has 0 bridgehead atoms. The third-order valence-electron chi connectivity index (χ3n) is 1.92. The van der Waals surface area contributed by atoms with Crippen LogP contribution in [0.3, 0.4) is 0 Å². The molecule has 0 N–H and O–H groups in total. The maximum absolute atomic E-state index is 11.8. The largest absolute Gasteiger partial charge is 0.467 e. The summed E-state index contributed by atoms with van der Waals surface area (Å²) in [7, 11) is 0. The predicted octanol–water partition coefficient (Wildman–Crippen LogP) is 3.65. The molecule has 1 aromatic rings. The summed E-state index contributed by atoms with van der Waals surface area (Å²) in [4.78, 5) is 0. The van der Waals surface area contributed by atoms with Crippen molar-refractivity contribution < 1.29 is 22.6 Å². The lowest BCUT2D eigenvalue weighted by molar-refractivity contribution is -0.186. The number of alkyl halides is 4. The van der Waals surface area contributed by atoms with Crippen molar-refractivity contribution in [3.63, 3.8) is 0 Å². The summed E-state index contributed by atoms with van der Waals surface area (Å²) in [6, 6.07) is 5.26. The highest BCUT2D eigenvalue weighted by Crippen LogP contribution is 2.22. The second-order valence-corrected chi connectivity index (χ2v) is 3.74. The van der Waals surface area contributed by atoms with Crippen molar-refractivity contribution in [2.45, 2.75) is 19.0 Å². The molecule has 2 nitrogen and oxygen atoms in total. The first-order valence-corrected chi connectivity index (χ1v) is 5.38. The van der Waals surface area contributed by atoms with E-state index in [1.807, 2.05) is 13.0 Å². The van der Waals surface area contributed by atoms with Gasteiger partial charge in [0.15, 0.2) is 6.79 Å². The Balaban J connectivity index is 2.46.